The van der Waals surface area contributed by atoms with Gasteiger partial charge in [0.1, 0.15) is 0 Å². The van der Waals surface area contributed by atoms with E-state index in [9.17, 15) is 4.79 Å². The first kappa shape index (κ1) is 15.2. The summed E-state index contributed by atoms with van der Waals surface area (Å²) in [7, 11) is 0. The number of anilines is 1. The van der Waals surface area contributed by atoms with Gasteiger partial charge in [-0.15, -0.1) is 0 Å². The Labute approximate surface area is 142 Å². The second kappa shape index (κ2) is 6.65. The van der Waals surface area contributed by atoms with Crippen LogP contribution in [0.5, 0.6) is 0 Å². The smallest absolute Gasteiger partial charge is 0.317 e. The van der Waals surface area contributed by atoms with Gasteiger partial charge in [-0.05, 0) is 37.4 Å². The van der Waals surface area contributed by atoms with Gasteiger partial charge in [0.05, 0.1) is 5.69 Å². The summed E-state index contributed by atoms with van der Waals surface area (Å²) in [6.07, 6.45) is 3.27. The molecule has 2 amide bonds. The van der Waals surface area contributed by atoms with E-state index >= 15 is 0 Å². The van der Waals surface area contributed by atoms with Gasteiger partial charge in [0, 0.05) is 24.2 Å². The average molecular weight is 321 g/mol. The van der Waals surface area contributed by atoms with Gasteiger partial charge in [-0.2, -0.15) is 0 Å². The van der Waals surface area contributed by atoms with E-state index in [2.05, 4.69) is 33.7 Å². The van der Waals surface area contributed by atoms with E-state index in [4.69, 9.17) is 0 Å². The van der Waals surface area contributed by atoms with Crippen molar-refractivity contribution in [3.8, 4) is 11.1 Å². The summed E-state index contributed by atoms with van der Waals surface area (Å²) < 4.78 is 0. The first-order chi connectivity index (χ1) is 11.8. The van der Waals surface area contributed by atoms with E-state index in [1.165, 1.54) is 0 Å². The minimum atomic E-state index is 0.0366. The molecule has 2 aliphatic heterocycles. The van der Waals surface area contributed by atoms with Crippen molar-refractivity contribution in [1.82, 2.24) is 10.2 Å². The van der Waals surface area contributed by atoms with Crippen LogP contribution in [0.1, 0.15) is 19.3 Å². The number of para-hydroxylation sites is 1. The zero-order valence-corrected chi connectivity index (χ0v) is 13.7. The highest BCUT2D eigenvalue weighted by molar-refractivity contribution is 5.95. The highest BCUT2D eigenvalue weighted by Crippen LogP contribution is 2.31. The topological polar surface area (TPSA) is 44.4 Å². The summed E-state index contributed by atoms with van der Waals surface area (Å²) in [5.41, 5.74) is 3.06. The molecule has 2 aromatic carbocycles. The van der Waals surface area contributed by atoms with Gasteiger partial charge in [0.25, 0.3) is 0 Å². The minimum absolute atomic E-state index is 0.0366. The zero-order chi connectivity index (χ0) is 16.4. The second-order valence-electron chi connectivity index (χ2n) is 6.63. The summed E-state index contributed by atoms with van der Waals surface area (Å²) >= 11 is 0. The van der Waals surface area contributed by atoms with Crippen molar-refractivity contribution in [1.29, 1.82) is 0 Å². The fraction of sp³-hybridized carbons (Fsp3) is 0.350. The molecule has 2 bridgehead atoms. The number of urea groups is 1. The number of nitrogens with one attached hydrogen (secondary N) is 2. The lowest BCUT2D eigenvalue weighted by Crippen LogP contribution is -2.44. The number of hydrogen-bond acceptors (Lipinski definition) is 2. The molecule has 2 saturated heterocycles. The van der Waals surface area contributed by atoms with Crippen LogP contribution in [-0.4, -0.2) is 36.1 Å². The van der Waals surface area contributed by atoms with Gasteiger partial charge in [-0.25, -0.2) is 4.79 Å². The molecule has 0 aromatic heterocycles. The van der Waals surface area contributed by atoms with Crippen LogP contribution >= 0.6 is 0 Å². The van der Waals surface area contributed by atoms with Crippen LogP contribution in [0.25, 0.3) is 11.1 Å². The Hall–Kier alpha value is -2.33. The molecule has 2 fully saturated rings. The van der Waals surface area contributed by atoms with Crippen LogP contribution in [0.3, 0.4) is 0 Å². The van der Waals surface area contributed by atoms with Crippen molar-refractivity contribution in [2.45, 2.75) is 31.3 Å². The largest absolute Gasteiger partial charge is 0.322 e. The molecule has 0 saturated carbocycles. The van der Waals surface area contributed by atoms with Crippen LogP contribution in [0.2, 0.25) is 0 Å². The van der Waals surface area contributed by atoms with E-state index in [1.54, 1.807) is 0 Å². The lowest BCUT2D eigenvalue weighted by Gasteiger charge is -2.28. The Kier molecular flexibility index (Phi) is 4.22. The number of carbonyl (C=O) groups excluding carboxylic acids is 1. The van der Waals surface area contributed by atoms with Crippen molar-refractivity contribution < 1.29 is 4.79 Å². The molecule has 4 heteroatoms. The number of hydrogen-bond donors (Lipinski definition) is 2. The van der Waals surface area contributed by atoms with Crippen LogP contribution in [-0.2, 0) is 0 Å². The molecule has 2 atom stereocenters. The van der Waals surface area contributed by atoms with Gasteiger partial charge in [0.2, 0.25) is 0 Å². The highest BCUT2D eigenvalue weighted by atomic mass is 16.2. The maximum Gasteiger partial charge on any atom is 0.322 e. The number of nitrogens with zero attached hydrogens (tertiary/aromatic N) is 1. The molecule has 2 heterocycles. The highest BCUT2D eigenvalue weighted by Gasteiger charge is 2.38. The van der Waals surface area contributed by atoms with Crippen molar-refractivity contribution >= 4 is 11.7 Å². The van der Waals surface area contributed by atoms with E-state index < -0.39 is 0 Å². The minimum Gasteiger partial charge on any atom is -0.317 e. The lowest BCUT2D eigenvalue weighted by atomic mass is 10.0. The normalized spacial score (nSPS) is 22.9. The standard InChI is InChI=1S/C20H23N3O/c24-20(23-16-10-11-17(23)14-21-13-12-16)22-19-9-5-4-8-18(19)15-6-2-1-3-7-15/h1-9,16-17,21H,10-14H2,(H,22,24)/t16-,17+/m1/s1. The van der Waals surface area contributed by atoms with Crippen LogP contribution in [0.15, 0.2) is 54.6 Å². The third-order valence-corrected chi connectivity index (χ3v) is 5.14. The van der Waals surface area contributed by atoms with Crippen molar-refractivity contribution in [3.05, 3.63) is 54.6 Å². The Balaban J connectivity index is 1.59. The molecule has 2 aliphatic rings. The third-order valence-electron chi connectivity index (χ3n) is 5.14. The monoisotopic (exact) mass is 321 g/mol. The van der Waals surface area contributed by atoms with Crippen molar-refractivity contribution in [2.75, 3.05) is 18.4 Å². The number of amides is 2. The zero-order valence-electron chi connectivity index (χ0n) is 13.7. The van der Waals surface area contributed by atoms with Gasteiger partial charge < -0.3 is 15.5 Å². The van der Waals surface area contributed by atoms with Crippen molar-refractivity contribution in [3.63, 3.8) is 0 Å². The first-order valence-electron chi connectivity index (χ1n) is 8.77. The molecule has 124 valence electrons. The van der Waals surface area contributed by atoms with Gasteiger partial charge >= 0.3 is 6.03 Å². The second-order valence-corrected chi connectivity index (χ2v) is 6.63. The molecule has 0 unspecified atom stereocenters. The van der Waals surface area contributed by atoms with Crippen LogP contribution < -0.4 is 10.6 Å². The Bertz CT molecular complexity index is 702. The quantitative estimate of drug-likeness (QED) is 0.885. The van der Waals surface area contributed by atoms with Gasteiger partial charge in [0.15, 0.2) is 0 Å². The van der Waals surface area contributed by atoms with E-state index in [0.717, 1.165) is 49.2 Å². The van der Waals surface area contributed by atoms with Gasteiger partial charge in [-0.1, -0.05) is 48.5 Å². The van der Waals surface area contributed by atoms with Crippen LogP contribution in [0.4, 0.5) is 10.5 Å². The number of rotatable bonds is 2. The number of carbonyl (C=O) groups is 1. The number of benzene rings is 2. The fourth-order valence-electron chi connectivity index (χ4n) is 3.96. The summed E-state index contributed by atoms with van der Waals surface area (Å²) in [6, 6.07) is 19.0. The molecule has 2 aromatic rings. The Morgan fingerprint density at radius 1 is 0.958 bits per heavy atom. The Morgan fingerprint density at radius 3 is 2.58 bits per heavy atom. The molecular weight excluding hydrogens is 298 g/mol. The molecule has 2 N–H and O–H groups in total. The molecule has 4 rings (SSSR count). The van der Waals surface area contributed by atoms with E-state index in [-0.39, 0.29) is 6.03 Å². The SMILES string of the molecule is O=C(Nc1ccccc1-c1ccccc1)N1[C@H]2CCNC[C@@H]1CC2. The predicted molar refractivity (Wildman–Crippen MR) is 97.0 cm³/mol. The summed E-state index contributed by atoms with van der Waals surface area (Å²) in [4.78, 5) is 15.0. The molecule has 0 radical (unpaired) electrons. The predicted octanol–water partition coefficient (Wildman–Crippen LogP) is 3.71. The van der Waals surface area contributed by atoms with Gasteiger partial charge in [-0.3, -0.25) is 0 Å². The summed E-state index contributed by atoms with van der Waals surface area (Å²) in [5, 5.41) is 6.61. The molecule has 24 heavy (non-hydrogen) atoms. The van der Waals surface area contributed by atoms with Crippen molar-refractivity contribution in [2.24, 2.45) is 0 Å². The fourth-order valence-corrected chi connectivity index (χ4v) is 3.96. The Morgan fingerprint density at radius 2 is 1.71 bits per heavy atom. The molecule has 0 aliphatic carbocycles. The molecule has 4 nitrogen and oxygen atoms in total. The average Bonchev–Trinajstić information content (AvgIpc) is 2.89. The third kappa shape index (κ3) is 2.89. The summed E-state index contributed by atoms with van der Waals surface area (Å²) in [5.74, 6) is 0. The molecule has 0 spiro atoms. The summed E-state index contributed by atoms with van der Waals surface area (Å²) in [6.45, 7) is 1.91. The first-order valence-corrected chi connectivity index (χ1v) is 8.77. The number of fused-ring (bicyclic) bond motifs is 2. The maximum absolute atomic E-state index is 13.0. The van der Waals surface area contributed by atoms with E-state index in [1.807, 2.05) is 36.4 Å². The van der Waals surface area contributed by atoms with E-state index in [0.29, 0.717) is 12.1 Å². The van der Waals surface area contributed by atoms with Crippen LogP contribution in [0, 0.1) is 0 Å². The molecular formula is C20H23N3O. The maximum atomic E-state index is 13.0. The lowest BCUT2D eigenvalue weighted by molar-refractivity contribution is 0.190.